The summed E-state index contributed by atoms with van der Waals surface area (Å²) in [4.78, 5) is 4.16. The maximum atomic E-state index is 5.04. The molecule has 4 heteroatoms. The van der Waals surface area contributed by atoms with Crippen LogP contribution in [0.5, 0.6) is 0 Å². The molecular weight excluding hydrogens is 178 g/mol. The Balaban J connectivity index is 1.80. The fraction of sp³-hybridized carbons (Fsp3) is 0.800. The number of hydrogen-bond donors (Lipinski definition) is 1. The van der Waals surface area contributed by atoms with E-state index in [9.17, 15) is 0 Å². The summed E-state index contributed by atoms with van der Waals surface area (Å²) in [5, 5.41) is 7.22. The summed E-state index contributed by atoms with van der Waals surface area (Å²) in [6.45, 7) is 4.76. The summed E-state index contributed by atoms with van der Waals surface area (Å²) < 4.78 is 5.04. The van der Waals surface area contributed by atoms with Gasteiger partial charge in [-0.05, 0) is 32.1 Å². The molecule has 1 atom stereocenters. The zero-order valence-electron chi connectivity index (χ0n) is 8.79. The molecular formula is C10H17N3O. The van der Waals surface area contributed by atoms with Gasteiger partial charge in [-0.3, -0.25) is 0 Å². The van der Waals surface area contributed by atoms with Crippen molar-refractivity contribution < 1.29 is 4.52 Å². The molecule has 0 saturated heterocycles. The van der Waals surface area contributed by atoms with E-state index in [-0.39, 0.29) is 0 Å². The molecule has 1 aromatic rings. The van der Waals surface area contributed by atoms with Crippen molar-refractivity contribution in [1.29, 1.82) is 0 Å². The van der Waals surface area contributed by atoms with E-state index in [4.69, 9.17) is 4.52 Å². The van der Waals surface area contributed by atoms with Gasteiger partial charge in [-0.2, -0.15) is 4.98 Å². The predicted molar refractivity (Wildman–Crippen MR) is 52.7 cm³/mol. The van der Waals surface area contributed by atoms with Crippen molar-refractivity contribution in [3.05, 3.63) is 11.7 Å². The monoisotopic (exact) mass is 195 g/mol. The number of aryl methyl sites for hydroxylation is 1. The normalized spacial score (nSPS) is 18.4. The summed E-state index contributed by atoms with van der Waals surface area (Å²) >= 11 is 0. The van der Waals surface area contributed by atoms with Gasteiger partial charge in [0, 0.05) is 6.04 Å². The van der Waals surface area contributed by atoms with Gasteiger partial charge >= 0.3 is 0 Å². The van der Waals surface area contributed by atoms with E-state index in [1.165, 1.54) is 19.3 Å². The summed E-state index contributed by atoms with van der Waals surface area (Å²) in [5.74, 6) is 2.28. The Labute approximate surface area is 84.1 Å². The first kappa shape index (κ1) is 9.65. The third kappa shape index (κ3) is 2.32. The smallest absolute Gasteiger partial charge is 0.240 e. The fourth-order valence-electron chi connectivity index (χ4n) is 1.77. The van der Waals surface area contributed by atoms with Crippen LogP contribution in [0.25, 0.3) is 0 Å². The van der Waals surface area contributed by atoms with Crippen LogP contribution in [0.15, 0.2) is 4.52 Å². The zero-order chi connectivity index (χ0) is 9.97. The molecule has 0 aromatic carbocycles. The lowest BCUT2D eigenvalue weighted by Crippen LogP contribution is -2.29. The molecule has 1 heterocycles. The van der Waals surface area contributed by atoms with Gasteiger partial charge in [0.15, 0.2) is 5.82 Å². The zero-order valence-corrected chi connectivity index (χ0v) is 8.79. The highest BCUT2D eigenvalue weighted by molar-refractivity contribution is 4.88. The topological polar surface area (TPSA) is 51.0 Å². The lowest BCUT2D eigenvalue weighted by molar-refractivity contribution is 0.344. The Morgan fingerprint density at radius 1 is 1.57 bits per heavy atom. The molecule has 78 valence electrons. The van der Waals surface area contributed by atoms with Gasteiger partial charge in [-0.15, -0.1) is 0 Å². The van der Waals surface area contributed by atoms with Crippen LogP contribution in [0.4, 0.5) is 0 Å². The second-order valence-corrected chi connectivity index (χ2v) is 3.97. The number of nitrogens with zero attached hydrogens (tertiary/aromatic N) is 2. The number of hydrogen-bond acceptors (Lipinski definition) is 4. The number of nitrogens with one attached hydrogen (secondary N) is 1. The van der Waals surface area contributed by atoms with Crippen molar-refractivity contribution in [2.45, 2.75) is 45.7 Å². The van der Waals surface area contributed by atoms with Crippen molar-refractivity contribution in [3.63, 3.8) is 0 Å². The van der Waals surface area contributed by atoms with Crippen molar-refractivity contribution in [2.75, 3.05) is 0 Å². The SMILES string of the molecule is CCC(NCc1nc(C)no1)C1CC1. The molecule has 1 aliphatic rings. The average molecular weight is 195 g/mol. The minimum Gasteiger partial charge on any atom is -0.338 e. The first-order valence-electron chi connectivity index (χ1n) is 5.32. The Bertz CT molecular complexity index is 293. The molecule has 1 fully saturated rings. The summed E-state index contributed by atoms with van der Waals surface area (Å²) in [6, 6.07) is 0.627. The quantitative estimate of drug-likeness (QED) is 0.776. The Kier molecular flexibility index (Phi) is 2.82. The molecule has 1 aromatic heterocycles. The molecule has 1 aliphatic carbocycles. The van der Waals surface area contributed by atoms with Crippen molar-refractivity contribution in [2.24, 2.45) is 5.92 Å². The van der Waals surface area contributed by atoms with Crippen LogP contribution in [0.1, 0.15) is 37.9 Å². The second-order valence-electron chi connectivity index (χ2n) is 3.97. The number of rotatable bonds is 5. The largest absolute Gasteiger partial charge is 0.338 e. The third-order valence-electron chi connectivity index (χ3n) is 2.72. The highest BCUT2D eigenvalue weighted by Crippen LogP contribution is 2.33. The molecule has 0 amide bonds. The van der Waals surface area contributed by atoms with Crippen LogP contribution < -0.4 is 5.32 Å². The standard InChI is InChI=1S/C10H17N3O/c1-3-9(8-4-5-8)11-6-10-12-7(2)13-14-10/h8-9,11H,3-6H2,1-2H3. The Morgan fingerprint density at radius 2 is 2.36 bits per heavy atom. The minimum absolute atomic E-state index is 0.627. The van der Waals surface area contributed by atoms with Crippen molar-refractivity contribution >= 4 is 0 Å². The van der Waals surface area contributed by atoms with Gasteiger partial charge in [0.1, 0.15) is 0 Å². The van der Waals surface area contributed by atoms with Gasteiger partial charge in [-0.1, -0.05) is 12.1 Å². The van der Waals surface area contributed by atoms with Gasteiger partial charge in [0.05, 0.1) is 6.54 Å². The Morgan fingerprint density at radius 3 is 2.86 bits per heavy atom. The van der Waals surface area contributed by atoms with Gasteiger partial charge in [0.25, 0.3) is 0 Å². The van der Waals surface area contributed by atoms with E-state index >= 15 is 0 Å². The number of aromatic nitrogens is 2. The lowest BCUT2D eigenvalue weighted by Gasteiger charge is -2.13. The molecule has 0 spiro atoms. The molecule has 1 unspecified atom stereocenters. The first-order chi connectivity index (χ1) is 6.79. The summed E-state index contributed by atoms with van der Waals surface area (Å²) in [6.07, 6.45) is 3.92. The van der Waals surface area contributed by atoms with Crippen LogP contribution in [-0.2, 0) is 6.54 Å². The van der Waals surface area contributed by atoms with Crippen LogP contribution in [-0.4, -0.2) is 16.2 Å². The van der Waals surface area contributed by atoms with Crippen LogP contribution in [0.3, 0.4) is 0 Å². The van der Waals surface area contributed by atoms with Crippen LogP contribution in [0, 0.1) is 12.8 Å². The second kappa shape index (κ2) is 4.09. The molecule has 2 rings (SSSR count). The molecule has 0 radical (unpaired) electrons. The highest BCUT2D eigenvalue weighted by Gasteiger charge is 2.29. The van der Waals surface area contributed by atoms with Crippen molar-refractivity contribution in [1.82, 2.24) is 15.5 Å². The van der Waals surface area contributed by atoms with Crippen LogP contribution in [0.2, 0.25) is 0 Å². The first-order valence-corrected chi connectivity index (χ1v) is 5.32. The fourth-order valence-corrected chi connectivity index (χ4v) is 1.77. The maximum absolute atomic E-state index is 5.04. The average Bonchev–Trinajstić information content (AvgIpc) is 2.92. The summed E-state index contributed by atoms with van der Waals surface area (Å²) in [5.41, 5.74) is 0. The van der Waals surface area contributed by atoms with E-state index in [0.29, 0.717) is 24.3 Å². The van der Waals surface area contributed by atoms with Crippen LogP contribution >= 0.6 is 0 Å². The van der Waals surface area contributed by atoms with Gasteiger partial charge < -0.3 is 9.84 Å². The highest BCUT2D eigenvalue weighted by atomic mass is 16.5. The molecule has 0 aliphatic heterocycles. The molecule has 4 nitrogen and oxygen atoms in total. The minimum atomic E-state index is 0.627. The van der Waals surface area contributed by atoms with Crippen molar-refractivity contribution in [3.8, 4) is 0 Å². The van der Waals surface area contributed by atoms with Gasteiger partial charge in [0.2, 0.25) is 5.89 Å². The third-order valence-corrected chi connectivity index (χ3v) is 2.72. The molecule has 1 saturated carbocycles. The van der Waals surface area contributed by atoms with E-state index in [1.54, 1.807) is 0 Å². The van der Waals surface area contributed by atoms with E-state index in [1.807, 2.05) is 6.92 Å². The molecule has 14 heavy (non-hydrogen) atoms. The Hall–Kier alpha value is -0.900. The van der Waals surface area contributed by atoms with E-state index in [2.05, 4.69) is 22.4 Å². The van der Waals surface area contributed by atoms with Gasteiger partial charge in [-0.25, -0.2) is 0 Å². The molecule has 1 N–H and O–H groups in total. The molecule has 0 bridgehead atoms. The van der Waals surface area contributed by atoms with E-state index < -0.39 is 0 Å². The maximum Gasteiger partial charge on any atom is 0.240 e. The predicted octanol–water partition coefficient (Wildman–Crippen LogP) is 1.66. The van der Waals surface area contributed by atoms with E-state index in [0.717, 1.165) is 5.92 Å². The summed E-state index contributed by atoms with van der Waals surface area (Å²) in [7, 11) is 0. The lowest BCUT2D eigenvalue weighted by atomic mass is 10.1.